The number of nitrogens with one attached hydrogen (secondary N) is 1. The summed E-state index contributed by atoms with van der Waals surface area (Å²) in [6.07, 6.45) is 0.954. The van der Waals surface area contributed by atoms with Crippen LogP contribution in [0.15, 0.2) is 71.6 Å². The van der Waals surface area contributed by atoms with Crippen LogP contribution < -0.4 is 10.5 Å². The summed E-state index contributed by atoms with van der Waals surface area (Å²) in [5.74, 6) is -0.220. The van der Waals surface area contributed by atoms with E-state index in [1.807, 2.05) is 36.4 Å². The zero-order chi connectivity index (χ0) is 22.0. The van der Waals surface area contributed by atoms with Crippen LogP contribution in [0, 0.1) is 0 Å². The molecule has 0 aliphatic heterocycles. The zero-order valence-corrected chi connectivity index (χ0v) is 18.5. The van der Waals surface area contributed by atoms with Crippen molar-refractivity contribution in [2.75, 3.05) is 0 Å². The Balaban J connectivity index is 1.62. The molecular formula is C23H21N3O3S2. The van der Waals surface area contributed by atoms with Gasteiger partial charge in [0.15, 0.2) is 0 Å². The monoisotopic (exact) mass is 451 g/mol. The molecule has 0 unspecified atom stereocenters. The molecule has 0 bridgehead atoms. The standard InChI is InChI=1S/C23H21N3O3S2/c1-2-16-9-12-22(30-16)21-13-19(18-5-3-4-6-20(18)26-21)23(27)25-14-15-7-10-17(11-8-15)31(24,28)29/h3-13H,2,14H2,1H3,(H,25,27)(H2,24,28,29). The third-order valence-electron chi connectivity index (χ3n) is 4.93. The van der Waals surface area contributed by atoms with Gasteiger partial charge < -0.3 is 5.32 Å². The average Bonchev–Trinajstić information content (AvgIpc) is 3.26. The van der Waals surface area contributed by atoms with Gasteiger partial charge in [0.25, 0.3) is 5.91 Å². The highest BCUT2D eigenvalue weighted by molar-refractivity contribution is 7.89. The number of rotatable bonds is 6. The maximum atomic E-state index is 13.1. The van der Waals surface area contributed by atoms with Gasteiger partial charge in [-0.1, -0.05) is 37.3 Å². The van der Waals surface area contributed by atoms with Crippen molar-refractivity contribution in [2.45, 2.75) is 24.8 Å². The molecule has 0 spiro atoms. The summed E-state index contributed by atoms with van der Waals surface area (Å²) in [4.78, 5) is 20.1. The number of pyridine rings is 1. The Morgan fingerprint density at radius 2 is 1.81 bits per heavy atom. The smallest absolute Gasteiger partial charge is 0.252 e. The number of aryl methyl sites for hydroxylation is 1. The molecule has 0 aliphatic rings. The Morgan fingerprint density at radius 3 is 2.48 bits per heavy atom. The Hall–Kier alpha value is -3.07. The van der Waals surface area contributed by atoms with Crippen LogP contribution in [-0.2, 0) is 23.0 Å². The Bertz CT molecular complexity index is 1360. The molecule has 0 fully saturated rings. The number of hydrogen-bond acceptors (Lipinski definition) is 5. The summed E-state index contributed by atoms with van der Waals surface area (Å²) in [5.41, 5.74) is 2.85. The van der Waals surface area contributed by atoms with Crippen LogP contribution in [0.3, 0.4) is 0 Å². The lowest BCUT2D eigenvalue weighted by molar-refractivity contribution is 0.0952. The predicted octanol–water partition coefficient (Wildman–Crippen LogP) is 4.10. The number of aromatic nitrogens is 1. The summed E-state index contributed by atoms with van der Waals surface area (Å²) in [6.45, 7) is 2.37. The fourth-order valence-corrected chi connectivity index (χ4v) is 4.69. The average molecular weight is 452 g/mol. The first-order valence-corrected chi connectivity index (χ1v) is 12.1. The van der Waals surface area contributed by atoms with Gasteiger partial charge >= 0.3 is 0 Å². The molecule has 6 nitrogen and oxygen atoms in total. The van der Waals surface area contributed by atoms with Gasteiger partial charge in [-0.3, -0.25) is 4.79 Å². The summed E-state index contributed by atoms with van der Waals surface area (Å²) in [6, 6.07) is 19.6. The van der Waals surface area contributed by atoms with Gasteiger partial charge in [-0.05, 0) is 48.4 Å². The van der Waals surface area contributed by atoms with Gasteiger partial charge in [0.05, 0.1) is 26.5 Å². The molecule has 0 saturated carbocycles. The van der Waals surface area contributed by atoms with E-state index >= 15 is 0 Å². The second-order valence-electron chi connectivity index (χ2n) is 7.06. The van der Waals surface area contributed by atoms with E-state index in [2.05, 4.69) is 18.3 Å². The molecule has 31 heavy (non-hydrogen) atoms. The molecule has 3 N–H and O–H groups in total. The molecule has 0 radical (unpaired) electrons. The lowest BCUT2D eigenvalue weighted by Gasteiger charge is -2.10. The number of hydrogen-bond donors (Lipinski definition) is 2. The van der Waals surface area contributed by atoms with E-state index < -0.39 is 10.0 Å². The van der Waals surface area contributed by atoms with Crippen molar-refractivity contribution >= 4 is 38.2 Å². The van der Waals surface area contributed by atoms with E-state index in [1.54, 1.807) is 23.5 Å². The molecule has 1 amide bonds. The molecule has 0 aliphatic carbocycles. The minimum absolute atomic E-state index is 0.0368. The second-order valence-corrected chi connectivity index (χ2v) is 9.79. The number of amides is 1. The maximum Gasteiger partial charge on any atom is 0.252 e. The van der Waals surface area contributed by atoms with Crippen LogP contribution in [0.5, 0.6) is 0 Å². The number of carbonyl (C=O) groups is 1. The van der Waals surface area contributed by atoms with Gasteiger partial charge in [0.2, 0.25) is 10.0 Å². The summed E-state index contributed by atoms with van der Waals surface area (Å²) >= 11 is 1.67. The minimum Gasteiger partial charge on any atom is -0.348 e. The molecular weight excluding hydrogens is 430 g/mol. The number of nitrogens with zero attached hydrogens (tertiary/aromatic N) is 1. The van der Waals surface area contributed by atoms with Crippen LogP contribution in [0.2, 0.25) is 0 Å². The Morgan fingerprint density at radius 1 is 1.06 bits per heavy atom. The van der Waals surface area contributed by atoms with Gasteiger partial charge in [0, 0.05) is 16.8 Å². The van der Waals surface area contributed by atoms with Crippen molar-refractivity contribution in [1.29, 1.82) is 0 Å². The van der Waals surface area contributed by atoms with E-state index in [1.165, 1.54) is 17.0 Å². The largest absolute Gasteiger partial charge is 0.348 e. The number of para-hydroxylation sites is 1. The molecule has 2 aromatic carbocycles. The van der Waals surface area contributed by atoms with E-state index in [9.17, 15) is 13.2 Å². The number of benzene rings is 2. The topological polar surface area (TPSA) is 102 Å². The third kappa shape index (κ3) is 4.66. The molecule has 2 heterocycles. The molecule has 4 aromatic rings. The quantitative estimate of drug-likeness (QED) is 0.461. The Labute approximate surface area is 184 Å². The van der Waals surface area contributed by atoms with E-state index in [0.29, 0.717) is 5.56 Å². The highest BCUT2D eigenvalue weighted by Gasteiger charge is 2.15. The summed E-state index contributed by atoms with van der Waals surface area (Å²) in [5, 5.41) is 8.82. The van der Waals surface area contributed by atoms with Gasteiger partial charge in [-0.15, -0.1) is 11.3 Å². The first kappa shape index (κ1) is 21.2. The molecule has 8 heteroatoms. The first-order chi connectivity index (χ1) is 14.8. The van der Waals surface area contributed by atoms with Crippen LogP contribution >= 0.6 is 11.3 Å². The van der Waals surface area contributed by atoms with Crippen molar-refractivity contribution in [3.05, 3.63) is 82.7 Å². The minimum atomic E-state index is -3.74. The van der Waals surface area contributed by atoms with Gasteiger partial charge in [-0.2, -0.15) is 0 Å². The van der Waals surface area contributed by atoms with Crippen LogP contribution in [0.1, 0.15) is 27.7 Å². The van der Waals surface area contributed by atoms with Gasteiger partial charge in [-0.25, -0.2) is 18.5 Å². The molecule has 4 rings (SSSR count). The van der Waals surface area contributed by atoms with Gasteiger partial charge in [0.1, 0.15) is 0 Å². The third-order valence-corrected chi connectivity index (χ3v) is 7.11. The molecule has 2 aromatic heterocycles. The van der Waals surface area contributed by atoms with Crippen molar-refractivity contribution in [3.63, 3.8) is 0 Å². The number of thiophene rings is 1. The van der Waals surface area contributed by atoms with Crippen LogP contribution in [0.4, 0.5) is 0 Å². The fourth-order valence-electron chi connectivity index (χ4n) is 3.27. The van der Waals surface area contributed by atoms with Crippen molar-refractivity contribution in [3.8, 4) is 10.6 Å². The molecule has 158 valence electrons. The lowest BCUT2D eigenvalue weighted by Crippen LogP contribution is -2.23. The fraction of sp³-hybridized carbons (Fsp3) is 0.130. The van der Waals surface area contributed by atoms with Crippen molar-refractivity contribution in [2.24, 2.45) is 5.14 Å². The first-order valence-electron chi connectivity index (χ1n) is 9.74. The summed E-state index contributed by atoms with van der Waals surface area (Å²) in [7, 11) is -3.74. The van der Waals surface area contributed by atoms with E-state index in [0.717, 1.165) is 33.5 Å². The van der Waals surface area contributed by atoms with Crippen LogP contribution in [-0.4, -0.2) is 19.3 Å². The highest BCUT2D eigenvalue weighted by atomic mass is 32.2. The molecule has 0 atom stereocenters. The SMILES string of the molecule is CCc1ccc(-c2cc(C(=O)NCc3ccc(S(N)(=O)=O)cc3)c3ccccc3n2)s1. The Kier molecular flexibility index (Phi) is 5.86. The zero-order valence-electron chi connectivity index (χ0n) is 16.8. The normalized spacial score (nSPS) is 11.5. The number of carbonyl (C=O) groups excluding carboxylic acids is 1. The maximum absolute atomic E-state index is 13.1. The number of primary sulfonamides is 1. The lowest BCUT2D eigenvalue weighted by atomic mass is 10.1. The predicted molar refractivity (Wildman–Crippen MR) is 123 cm³/mol. The number of sulfonamides is 1. The van der Waals surface area contributed by atoms with E-state index in [-0.39, 0.29) is 17.3 Å². The van der Waals surface area contributed by atoms with Crippen LogP contribution in [0.25, 0.3) is 21.5 Å². The number of nitrogens with two attached hydrogens (primary N) is 1. The second kappa shape index (κ2) is 8.58. The van der Waals surface area contributed by atoms with Crippen molar-refractivity contribution in [1.82, 2.24) is 10.3 Å². The highest BCUT2D eigenvalue weighted by Crippen LogP contribution is 2.30. The van der Waals surface area contributed by atoms with Crippen molar-refractivity contribution < 1.29 is 13.2 Å². The number of fused-ring (bicyclic) bond motifs is 1. The van der Waals surface area contributed by atoms with E-state index in [4.69, 9.17) is 10.1 Å². The summed E-state index contributed by atoms with van der Waals surface area (Å²) < 4.78 is 22.8. The molecule has 0 saturated heterocycles.